The predicted molar refractivity (Wildman–Crippen MR) is 99.5 cm³/mol. The van der Waals surface area contributed by atoms with E-state index in [-0.39, 0.29) is 12.1 Å². The highest BCUT2D eigenvalue weighted by Gasteiger charge is 2.20. The number of thiophene rings is 1. The third-order valence-electron chi connectivity index (χ3n) is 3.92. The highest BCUT2D eigenvalue weighted by atomic mass is 32.1. The van der Waals surface area contributed by atoms with E-state index in [0.29, 0.717) is 12.5 Å². The van der Waals surface area contributed by atoms with Crippen LogP contribution in [0.25, 0.3) is 0 Å². The van der Waals surface area contributed by atoms with Gasteiger partial charge in [0.05, 0.1) is 12.1 Å². The molecular formula is C19H26N2O2S. The van der Waals surface area contributed by atoms with Crippen LogP contribution in [-0.2, 0) is 0 Å². The van der Waals surface area contributed by atoms with E-state index in [1.165, 1.54) is 10.5 Å². The molecule has 5 heteroatoms. The van der Waals surface area contributed by atoms with Crippen molar-refractivity contribution in [3.8, 4) is 0 Å². The third kappa shape index (κ3) is 4.82. The fourth-order valence-electron chi connectivity index (χ4n) is 2.56. The minimum absolute atomic E-state index is 0.185. The van der Waals surface area contributed by atoms with Gasteiger partial charge in [-0.15, -0.1) is 11.3 Å². The first kappa shape index (κ1) is 18.5. The number of carbonyl (C=O) groups excluding carboxylic acids is 1. The van der Waals surface area contributed by atoms with E-state index >= 15 is 0 Å². The largest absolute Gasteiger partial charge is 0.392 e. The topological polar surface area (TPSA) is 52.6 Å². The number of aliphatic hydroxyl groups is 1. The second-order valence-electron chi connectivity index (χ2n) is 6.45. The van der Waals surface area contributed by atoms with E-state index in [9.17, 15) is 9.90 Å². The van der Waals surface area contributed by atoms with Crippen LogP contribution < -0.4 is 5.32 Å². The minimum Gasteiger partial charge on any atom is -0.392 e. The van der Waals surface area contributed by atoms with Gasteiger partial charge in [-0.25, -0.2) is 4.79 Å². The Morgan fingerprint density at radius 1 is 1.17 bits per heavy atom. The summed E-state index contributed by atoms with van der Waals surface area (Å²) in [4.78, 5) is 15.0. The first-order valence-electron chi connectivity index (χ1n) is 8.21. The first-order chi connectivity index (χ1) is 11.4. The Morgan fingerprint density at radius 3 is 2.29 bits per heavy atom. The SMILES string of the molecule is CC(O)CN(C)C(=O)NC(c1ccc(C(C)C)cc1)c1cccs1. The van der Waals surface area contributed by atoms with E-state index in [1.54, 1.807) is 25.3 Å². The average molecular weight is 346 g/mol. The summed E-state index contributed by atoms with van der Waals surface area (Å²) in [5, 5.41) is 14.6. The molecule has 24 heavy (non-hydrogen) atoms. The molecule has 2 aromatic rings. The molecule has 1 heterocycles. The van der Waals surface area contributed by atoms with Crippen LogP contribution in [0.2, 0.25) is 0 Å². The van der Waals surface area contributed by atoms with Crippen LogP contribution >= 0.6 is 11.3 Å². The number of urea groups is 1. The van der Waals surface area contributed by atoms with E-state index in [2.05, 4.69) is 43.4 Å². The molecule has 2 unspecified atom stereocenters. The zero-order valence-electron chi connectivity index (χ0n) is 14.7. The maximum absolute atomic E-state index is 12.4. The predicted octanol–water partition coefficient (Wildman–Crippen LogP) is 3.98. The molecule has 0 spiro atoms. The lowest BCUT2D eigenvalue weighted by atomic mass is 9.98. The Hall–Kier alpha value is -1.85. The maximum Gasteiger partial charge on any atom is 0.318 e. The summed E-state index contributed by atoms with van der Waals surface area (Å²) in [5.41, 5.74) is 2.34. The van der Waals surface area contributed by atoms with Gasteiger partial charge in [-0.2, -0.15) is 0 Å². The van der Waals surface area contributed by atoms with Crippen molar-refractivity contribution in [2.45, 2.75) is 38.8 Å². The fourth-order valence-corrected chi connectivity index (χ4v) is 3.36. The van der Waals surface area contributed by atoms with Crippen molar-refractivity contribution in [2.24, 2.45) is 0 Å². The zero-order chi connectivity index (χ0) is 17.7. The lowest BCUT2D eigenvalue weighted by Gasteiger charge is -2.24. The van der Waals surface area contributed by atoms with E-state index < -0.39 is 6.10 Å². The molecule has 2 rings (SSSR count). The molecule has 0 aliphatic rings. The number of amides is 2. The number of hydrogen-bond acceptors (Lipinski definition) is 3. The van der Waals surface area contributed by atoms with Crippen LogP contribution in [0.4, 0.5) is 4.79 Å². The van der Waals surface area contributed by atoms with Crippen LogP contribution in [0, 0.1) is 0 Å². The van der Waals surface area contributed by atoms with Gasteiger partial charge >= 0.3 is 6.03 Å². The smallest absolute Gasteiger partial charge is 0.318 e. The average Bonchev–Trinajstić information content (AvgIpc) is 3.06. The Labute approximate surface area is 148 Å². The van der Waals surface area contributed by atoms with Crippen molar-refractivity contribution < 1.29 is 9.90 Å². The van der Waals surface area contributed by atoms with Crippen molar-refractivity contribution in [1.82, 2.24) is 10.2 Å². The molecule has 0 radical (unpaired) electrons. The Morgan fingerprint density at radius 2 is 1.79 bits per heavy atom. The van der Waals surface area contributed by atoms with Gasteiger partial charge in [0.1, 0.15) is 0 Å². The zero-order valence-corrected chi connectivity index (χ0v) is 15.5. The van der Waals surface area contributed by atoms with Crippen molar-refractivity contribution in [3.05, 3.63) is 57.8 Å². The Bertz CT molecular complexity index is 636. The van der Waals surface area contributed by atoms with Crippen LogP contribution in [-0.4, -0.2) is 35.7 Å². The van der Waals surface area contributed by atoms with Gasteiger partial charge in [0.2, 0.25) is 0 Å². The standard InChI is InChI=1S/C19H26N2O2S/c1-13(2)15-7-9-16(10-8-15)18(17-6-5-11-24-17)20-19(23)21(4)12-14(3)22/h5-11,13-14,18,22H,12H2,1-4H3,(H,20,23). The maximum atomic E-state index is 12.4. The molecule has 0 saturated carbocycles. The normalized spacial score (nSPS) is 13.6. The van der Waals surface area contributed by atoms with Gasteiger partial charge in [0, 0.05) is 18.5 Å². The number of hydrogen-bond donors (Lipinski definition) is 2. The molecule has 0 aliphatic carbocycles. The van der Waals surface area contributed by atoms with Crippen molar-refractivity contribution in [1.29, 1.82) is 0 Å². The molecule has 0 bridgehead atoms. The van der Waals surface area contributed by atoms with Gasteiger partial charge < -0.3 is 15.3 Å². The molecule has 2 N–H and O–H groups in total. The number of aliphatic hydroxyl groups excluding tert-OH is 1. The first-order valence-corrected chi connectivity index (χ1v) is 9.09. The summed E-state index contributed by atoms with van der Waals surface area (Å²) in [6, 6.07) is 12.0. The molecule has 1 aromatic heterocycles. The number of nitrogens with one attached hydrogen (secondary N) is 1. The second-order valence-corrected chi connectivity index (χ2v) is 7.43. The van der Waals surface area contributed by atoms with Gasteiger partial charge in [-0.1, -0.05) is 44.2 Å². The van der Waals surface area contributed by atoms with Gasteiger partial charge in [0.25, 0.3) is 0 Å². The molecule has 4 nitrogen and oxygen atoms in total. The molecule has 0 saturated heterocycles. The number of carbonyl (C=O) groups is 1. The fraction of sp³-hybridized carbons (Fsp3) is 0.421. The summed E-state index contributed by atoms with van der Waals surface area (Å²) in [7, 11) is 1.69. The molecule has 1 aromatic carbocycles. The van der Waals surface area contributed by atoms with Crippen LogP contribution in [0.3, 0.4) is 0 Å². The molecular weight excluding hydrogens is 320 g/mol. The molecule has 2 atom stereocenters. The van der Waals surface area contributed by atoms with Crippen molar-refractivity contribution >= 4 is 17.4 Å². The summed E-state index contributed by atoms with van der Waals surface area (Å²) in [6.45, 7) is 6.30. The summed E-state index contributed by atoms with van der Waals surface area (Å²) in [6.07, 6.45) is -0.550. The molecule has 0 fully saturated rings. The van der Waals surface area contributed by atoms with Gasteiger partial charge in [-0.05, 0) is 35.4 Å². The highest BCUT2D eigenvalue weighted by molar-refractivity contribution is 7.10. The van der Waals surface area contributed by atoms with E-state index in [0.717, 1.165) is 10.4 Å². The second kappa shape index (κ2) is 8.31. The van der Waals surface area contributed by atoms with Crippen LogP contribution in [0.15, 0.2) is 41.8 Å². The Balaban J connectivity index is 2.21. The minimum atomic E-state index is -0.550. The quantitative estimate of drug-likeness (QED) is 0.831. The van der Waals surface area contributed by atoms with E-state index in [1.807, 2.05) is 17.5 Å². The van der Waals surface area contributed by atoms with Gasteiger partial charge in [0.15, 0.2) is 0 Å². The monoisotopic (exact) mass is 346 g/mol. The van der Waals surface area contributed by atoms with Gasteiger partial charge in [-0.3, -0.25) is 0 Å². The summed E-state index contributed by atoms with van der Waals surface area (Å²) >= 11 is 1.62. The summed E-state index contributed by atoms with van der Waals surface area (Å²) in [5.74, 6) is 0.478. The molecule has 0 aliphatic heterocycles. The van der Waals surface area contributed by atoms with Crippen molar-refractivity contribution in [2.75, 3.05) is 13.6 Å². The molecule has 130 valence electrons. The van der Waals surface area contributed by atoms with Crippen molar-refractivity contribution in [3.63, 3.8) is 0 Å². The number of rotatable bonds is 6. The third-order valence-corrected chi connectivity index (χ3v) is 4.85. The van der Waals surface area contributed by atoms with Crippen LogP contribution in [0.5, 0.6) is 0 Å². The number of benzene rings is 1. The highest BCUT2D eigenvalue weighted by Crippen LogP contribution is 2.27. The summed E-state index contributed by atoms with van der Waals surface area (Å²) < 4.78 is 0. The number of nitrogens with zero attached hydrogens (tertiary/aromatic N) is 1. The van der Waals surface area contributed by atoms with Crippen LogP contribution in [0.1, 0.15) is 48.7 Å². The molecule has 2 amide bonds. The lowest BCUT2D eigenvalue weighted by Crippen LogP contribution is -2.42. The Kier molecular flexibility index (Phi) is 6.40. The van der Waals surface area contributed by atoms with E-state index in [4.69, 9.17) is 0 Å². The lowest BCUT2D eigenvalue weighted by molar-refractivity contribution is 0.143. The number of likely N-dealkylation sites (N-methyl/N-ethyl adjacent to an activating group) is 1.